The van der Waals surface area contributed by atoms with Crippen LogP contribution in [-0.2, 0) is 4.74 Å². The van der Waals surface area contributed by atoms with E-state index in [0.29, 0.717) is 29.3 Å². The van der Waals surface area contributed by atoms with E-state index in [9.17, 15) is 9.59 Å². The number of rotatable bonds is 5. The summed E-state index contributed by atoms with van der Waals surface area (Å²) in [6.07, 6.45) is 2.93. The van der Waals surface area contributed by atoms with Crippen molar-refractivity contribution in [2.45, 2.75) is 20.8 Å². The van der Waals surface area contributed by atoms with Crippen molar-refractivity contribution in [3.8, 4) is 0 Å². The number of nitrogens with zero attached hydrogens (tertiary/aromatic N) is 2. The van der Waals surface area contributed by atoms with Gasteiger partial charge in [-0.2, -0.15) is 0 Å². The molecule has 0 saturated heterocycles. The van der Waals surface area contributed by atoms with Crippen LogP contribution in [-0.4, -0.2) is 34.0 Å². The third-order valence-corrected chi connectivity index (χ3v) is 2.96. The normalized spacial score (nSPS) is 9.62. The Morgan fingerprint density at radius 2 is 1.54 bits per heavy atom. The molecule has 0 radical (unpaired) electrons. The fourth-order valence-electron chi connectivity index (χ4n) is 1.67. The van der Waals surface area contributed by atoms with Gasteiger partial charge in [-0.05, 0) is 32.9 Å². The number of carboxylic acid groups (broad SMARTS) is 1. The fourth-order valence-corrected chi connectivity index (χ4v) is 1.67. The molecule has 0 aromatic carbocycles. The zero-order valence-corrected chi connectivity index (χ0v) is 13.7. The van der Waals surface area contributed by atoms with E-state index in [1.165, 1.54) is 12.2 Å². The molecule has 0 spiro atoms. The van der Waals surface area contributed by atoms with E-state index in [2.05, 4.69) is 28.0 Å². The molecule has 0 aliphatic rings. The molecule has 2 heterocycles. The van der Waals surface area contributed by atoms with Crippen molar-refractivity contribution in [3.05, 3.63) is 47.2 Å². The SMILES string of the molecule is C=Cc1onc(C(=O)O)c1C.C=Cc1onc(C(=O)OCC)c1C. The Morgan fingerprint density at radius 3 is 1.88 bits per heavy atom. The maximum atomic E-state index is 11.2. The van der Waals surface area contributed by atoms with Crippen LogP contribution in [0.4, 0.5) is 0 Å². The molecule has 2 aromatic rings. The molecule has 0 aliphatic carbocycles. The maximum Gasteiger partial charge on any atom is 0.360 e. The Bertz CT molecular complexity index is 757. The number of carbonyl (C=O) groups excluding carboxylic acids is 1. The molecular formula is C16H18N2O6. The number of aromatic carboxylic acids is 1. The molecular weight excluding hydrogens is 316 g/mol. The maximum absolute atomic E-state index is 11.2. The van der Waals surface area contributed by atoms with Crippen molar-refractivity contribution in [2.24, 2.45) is 0 Å². The van der Waals surface area contributed by atoms with Gasteiger partial charge >= 0.3 is 11.9 Å². The molecule has 0 atom stereocenters. The lowest BCUT2D eigenvalue weighted by Gasteiger charge is -1.96. The lowest BCUT2D eigenvalue weighted by Crippen LogP contribution is -2.06. The third-order valence-electron chi connectivity index (χ3n) is 2.96. The zero-order chi connectivity index (χ0) is 18.3. The van der Waals surface area contributed by atoms with E-state index in [-0.39, 0.29) is 11.4 Å². The van der Waals surface area contributed by atoms with Gasteiger partial charge < -0.3 is 18.9 Å². The highest BCUT2D eigenvalue weighted by Gasteiger charge is 2.17. The molecule has 0 saturated carbocycles. The predicted octanol–water partition coefficient (Wildman–Crippen LogP) is 3.13. The summed E-state index contributed by atoms with van der Waals surface area (Å²) in [5, 5.41) is 15.4. The lowest BCUT2D eigenvalue weighted by atomic mass is 10.2. The van der Waals surface area contributed by atoms with Crippen LogP contribution < -0.4 is 0 Å². The van der Waals surface area contributed by atoms with Crippen LogP contribution >= 0.6 is 0 Å². The zero-order valence-electron chi connectivity index (χ0n) is 13.7. The van der Waals surface area contributed by atoms with E-state index in [1.54, 1.807) is 20.8 Å². The Morgan fingerprint density at radius 1 is 1.08 bits per heavy atom. The van der Waals surface area contributed by atoms with Gasteiger partial charge in [-0.1, -0.05) is 23.5 Å². The van der Waals surface area contributed by atoms with Crippen molar-refractivity contribution >= 4 is 24.1 Å². The topological polar surface area (TPSA) is 116 Å². The van der Waals surface area contributed by atoms with Crippen molar-refractivity contribution < 1.29 is 28.5 Å². The molecule has 24 heavy (non-hydrogen) atoms. The monoisotopic (exact) mass is 334 g/mol. The summed E-state index contributed by atoms with van der Waals surface area (Å²) in [6, 6.07) is 0. The summed E-state index contributed by atoms with van der Waals surface area (Å²) < 4.78 is 14.3. The third kappa shape index (κ3) is 4.19. The first-order chi connectivity index (χ1) is 11.4. The molecule has 2 aromatic heterocycles. The van der Waals surface area contributed by atoms with Crippen LogP contribution in [0, 0.1) is 13.8 Å². The van der Waals surface area contributed by atoms with E-state index in [1.807, 2.05) is 0 Å². The Kier molecular flexibility index (Phi) is 6.66. The summed E-state index contributed by atoms with van der Waals surface area (Å²) in [6.45, 7) is 12.4. The summed E-state index contributed by atoms with van der Waals surface area (Å²) in [5.74, 6) is -0.637. The summed E-state index contributed by atoms with van der Waals surface area (Å²) in [5.41, 5.74) is 1.33. The van der Waals surface area contributed by atoms with Gasteiger partial charge in [-0.3, -0.25) is 0 Å². The van der Waals surface area contributed by atoms with E-state index < -0.39 is 11.9 Å². The summed E-state index contributed by atoms with van der Waals surface area (Å²) in [7, 11) is 0. The van der Waals surface area contributed by atoms with Crippen molar-refractivity contribution in [1.82, 2.24) is 10.3 Å². The van der Waals surface area contributed by atoms with E-state index >= 15 is 0 Å². The lowest BCUT2D eigenvalue weighted by molar-refractivity contribution is 0.0513. The number of carboxylic acids is 1. The van der Waals surface area contributed by atoms with Gasteiger partial charge in [-0.25, -0.2) is 9.59 Å². The second-order valence-corrected chi connectivity index (χ2v) is 4.47. The van der Waals surface area contributed by atoms with E-state index in [0.717, 1.165) is 0 Å². The molecule has 8 heteroatoms. The fraction of sp³-hybridized carbons (Fsp3) is 0.250. The smallest absolute Gasteiger partial charge is 0.360 e. The minimum Gasteiger partial charge on any atom is -0.476 e. The van der Waals surface area contributed by atoms with Crippen LogP contribution in [0.1, 0.15) is 50.5 Å². The Hall–Kier alpha value is -3.16. The van der Waals surface area contributed by atoms with Gasteiger partial charge in [0.05, 0.1) is 6.61 Å². The van der Waals surface area contributed by atoms with Crippen LogP contribution in [0.2, 0.25) is 0 Å². The second kappa shape index (κ2) is 8.47. The first-order valence-corrected chi connectivity index (χ1v) is 6.95. The highest BCUT2D eigenvalue weighted by molar-refractivity contribution is 5.89. The molecule has 0 bridgehead atoms. The quantitative estimate of drug-likeness (QED) is 0.829. The highest BCUT2D eigenvalue weighted by Crippen LogP contribution is 2.14. The summed E-state index contributed by atoms with van der Waals surface area (Å²) >= 11 is 0. The predicted molar refractivity (Wildman–Crippen MR) is 85.6 cm³/mol. The standard InChI is InChI=1S/C9H11NO3.C7H7NO3/c1-4-7-6(3)8(10-13-7)9(11)12-5-2;1-3-5-4(2)6(7(9)10)8-11-5/h4H,1,5H2,2-3H3;3H,1H2,2H3,(H,9,10). The number of carbonyl (C=O) groups is 2. The minimum atomic E-state index is -1.08. The second-order valence-electron chi connectivity index (χ2n) is 4.47. The molecule has 0 unspecified atom stereocenters. The molecule has 8 nitrogen and oxygen atoms in total. The van der Waals surface area contributed by atoms with Crippen LogP contribution in [0.15, 0.2) is 22.2 Å². The van der Waals surface area contributed by atoms with Gasteiger partial charge in [0.15, 0.2) is 22.9 Å². The van der Waals surface area contributed by atoms with Gasteiger partial charge in [0.25, 0.3) is 0 Å². The van der Waals surface area contributed by atoms with E-state index in [4.69, 9.17) is 14.4 Å². The van der Waals surface area contributed by atoms with Gasteiger partial charge in [0, 0.05) is 11.1 Å². The number of ether oxygens (including phenoxy) is 1. The highest BCUT2D eigenvalue weighted by atomic mass is 16.5. The largest absolute Gasteiger partial charge is 0.476 e. The Balaban J connectivity index is 0.000000243. The molecule has 128 valence electrons. The van der Waals surface area contributed by atoms with Crippen molar-refractivity contribution in [3.63, 3.8) is 0 Å². The van der Waals surface area contributed by atoms with Crippen LogP contribution in [0.5, 0.6) is 0 Å². The first-order valence-electron chi connectivity index (χ1n) is 6.95. The molecule has 0 aliphatic heterocycles. The van der Waals surface area contributed by atoms with Gasteiger partial charge in [-0.15, -0.1) is 0 Å². The van der Waals surface area contributed by atoms with Crippen molar-refractivity contribution in [1.29, 1.82) is 0 Å². The summed E-state index contributed by atoms with van der Waals surface area (Å²) in [4.78, 5) is 21.6. The average Bonchev–Trinajstić information content (AvgIpc) is 3.10. The molecule has 1 N–H and O–H groups in total. The number of hydrogen-bond donors (Lipinski definition) is 1. The van der Waals surface area contributed by atoms with Gasteiger partial charge in [0.2, 0.25) is 0 Å². The Labute approximate surface area is 138 Å². The number of esters is 1. The van der Waals surface area contributed by atoms with Crippen molar-refractivity contribution in [2.75, 3.05) is 6.61 Å². The molecule has 0 fully saturated rings. The molecule has 2 rings (SSSR count). The van der Waals surface area contributed by atoms with Crippen LogP contribution in [0.3, 0.4) is 0 Å². The first kappa shape index (κ1) is 18.9. The van der Waals surface area contributed by atoms with Crippen LogP contribution in [0.25, 0.3) is 12.2 Å². The number of hydrogen-bond acceptors (Lipinski definition) is 7. The minimum absolute atomic E-state index is 0.0556. The van der Waals surface area contributed by atoms with Gasteiger partial charge in [0.1, 0.15) is 0 Å². The number of aromatic nitrogens is 2. The average molecular weight is 334 g/mol. The molecule has 0 amide bonds.